The summed E-state index contributed by atoms with van der Waals surface area (Å²) in [5.74, 6) is 0. The predicted molar refractivity (Wildman–Crippen MR) is 74.1 cm³/mol. The van der Waals surface area contributed by atoms with Crippen molar-refractivity contribution in [3.63, 3.8) is 0 Å². The Morgan fingerprint density at radius 3 is 2.90 bits per heavy atom. The van der Waals surface area contributed by atoms with E-state index in [0.29, 0.717) is 16.2 Å². The van der Waals surface area contributed by atoms with E-state index in [4.69, 9.17) is 11.6 Å². The molecule has 0 amide bonds. The van der Waals surface area contributed by atoms with E-state index >= 15 is 0 Å². The lowest BCUT2D eigenvalue weighted by molar-refractivity contribution is 0.825. The fraction of sp³-hybridized carbons (Fsp3) is 0. The minimum atomic E-state index is -0.243. The lowest BCUT2D eigenvalue weighted by atomic mass is 10.2. The zero-order valence-electron chi connectivity index (χ0n) is 9.96. The predicted octanol–water partition coefficient (Wildman–Crippen LogP) is 1.64. The molecule has 8 heteroatoms. The van der Waals surface area contributed by atoms with Gasteiger partial charge in [0, 0.05) is 6.07 Å². The maximum Gasteiger partial charge on any atom is 0.323 e. The normalized spacial score (nSPS) is 11.4. The topological polar surface area (TPSA) is 92.2 Å². The van der Waals surface area contributed by atoms with E-state index in [9.17, 15) is 4.79 Å². The summed E-state index contributed by atoms with van der Waals surface area (Å²) in [6.45, 7) is 0. The SMILES string of the molecule is O=c1[nH]c2ccc(-n3nnc4cnc(Cl)cc43)cc2[nH]1. The van der Waals surface area contributed by atoms with Crippen molar-refractivity contribution in [3.8, 4) is 5.69 Å². The Kier molecular flexibility index (Phi) is 2.19. The van der Waals surface area contributed by atoms with E-state index in [1.807, 2.05) is 12.1 Å². The maximum atomic E-state index is 11.3. The Labute approximate surface area is 116 Å². The number of benzene rings is 1. The number of imidazole rings is 1. The van der Waals surface area contributed by atoms with Crippen LogP contribution in [0.15, 0.2) is 35.3 Å². The first-order valence-electron chi connectivity index (χ1n) is 5.80. The molecule has 0 spiro atoms. The smallest absolute Gasteiger partial charge is 0.306 e. The number of hydrogen-bond acceptors (Lipinski definition) is 4. The third-order valence-corrected chi connectivity index (χ3v) is 3.25. The van der Waals surface area contributed by atoms with E-state index in [2.05, 4.69) is 25.3 Å². The van der Waals surface area contributed by atoms with Crippen LogP contribution >= 0.6 is 11.6 Å². The monoisotopic (exact) mass is 286 g/mol. The first-order chi connectivity index (χ1) is 9.70. The average molecular weight is 287 g/mol. The van der Waals surface area contributed by atoms with Gasteiger partial charge in [0.15, 0.2) is 0 Å². The number of rotatable bonds is 1. The summed E-state index contributed by atoms with van der Waals surface area (Å²) < 4.78 is 1.65. The highest BCUT2D eigenvalue weighted by molar-refractivity contribution is 6.29. The summed E-state index contributed by atoms with van der Waals surface area (Å²) in [6, 6.07) is 7.16. The second kappa shape index (κ2) is 3.91. The number of aromatic amines is 2. The third kappa shape index (κ3) is 1.60. The van der Waals surface area contributed by atoms with E-state index in [1.54, 1.807) is 23.0 Å². The van der Waals surface area contributed by atoms with Crippen LogP contribution in [0.2, 0.25) is 5.15 Å². The third-order valence-electron chi connectivity index (χ3n) is 3.04. The molecule has 0 saturated carbocycles. The Hall–Kier alpha value is -2.67. The van der Waals surface area contributed by atoms with Gasteiger partial charge in [0.05, 0.1) is 28.4 Å². The molecule has 3 aromatic heterocycles. The number of fused-ring (bicyclic) bond motifs is 2. The van der Waals surface area contributed by atoms with E-state index < -0.39 is 0 Å². The van der Waals surface area contributed by atoms with Gasteiger partial charge in [0.2, 0.25) is 0 Å². The molecule has 0 aliphatic carbocycles. The van der Waals surface area contributed by atoms with Crippen LogP contribution in [-0.2, 0) is 0 Å². The average Bonchev–Trinajstić information content (AvgIpc) is 2.99. The fourth-order valence-electron chi connectivity index (χ4n) is 2.14. The summed E-state index contributed by atoms with van der Waals surface area (Å²) in [4.78, 5) is 20.6. The van der Waals surface area contributed by atoms with Crippen molar-refractivity contribution in [1.29, 1.82) is 0 Å². The quantitative estimate of drug-likeness (QED) is 0.520. The van der Waals surface area contributed by atoms with Gasteiger partial charge in [-0.05, 0) is 18.2 Å². The van der Waals surface area contributed by atoms with Crippen LogP contribution in [0.4, 0.5) is 0 Å². The van der Waals surface area contributed by atoms with Crippen LogP contribution in [0.3, 0.4) is 0 Å². The molecule has 0 aliphatic heterocycles. The Balaban J connectivity index is 2.00. The Bertz CT molecular complexity index is 998. The van der Waals surface area contributed by atoms with Crippen LogP contribution in [0, 0.1) is 0 Å². The number of aromatic nitrogens is 6. The van der Waals surface area contributed by atoms with Gasteiger partial charge in [-0.2, -0.15) is 0 Å². The summed E-state index contributed by atoms with van der Waals surface area (Å²) in [5.41, 5.74) is 3.38. The number of hydrogen-bond donors (Lipinski definition) is 2. The molecule has 20 heavy (non-hydrogen) atoms. The van der Waals surface area contributed by atoms with Gasteiger partial charge >= 0.3 is 5.69 Å². The highest BCUT2D eigenvalue weighted by Gasteiger charge is 2.09. The lowest BCUT2D eigenvalue weighted by Gasteiger charge is -2.02. The maximum absolute atomic E-state index is 11.3. The molecule has 4 rings (SSSR count). The van der Waals surface area contributed by atoms with Crippen molar-refractivity contribution < 1.29 is 0 Å². The van der Waals surface area contributed by atoms with Gasteiger partial charge in [-0.25, -0.2) is 14.5 Å². The largest absolute Gasteiger partial charge is 0.323 e. The van der Waals surface area contributed by atoms with Gasteiger partial charge in [-0.3, -0.25) is 0 Å². The highest BCUT2D eigenvalue weighted by Crippen LogP contribution is 2.20. The van der Waals surface area contributed by atoms with Crippen LogP contribution < -0.4 is 5.69 Å². The molecule has 0 atom stereocenters. The zero-order chi connectivity index (χ0) is 13.7. The minimum absolute atomic E-state index is 0.243. The molecular formula is C12H7ClN6O. The number of pyridine rings is 1. The second-order valence-electron chi connectivity index (χ2n) is 4.31. The molecule has 0 aliphatic rings. The molecule has 0 radical (unpaired) electrons. The van der Waals surface area contributed by atoms with Crippen LogP contribution in [0.5, 0.6) is 0 Å². The number of halogens is 1. The van der Waals surface area contributed by atoms with Gasteiger partial charge in [0.1, 0.15) is 10.7 Å². The molecule has 1 aromatic carbocycles. The summed E-state index contributed by atoms with van der Waals surface area (Å²) in [7, 11) is 0. The molecule has 2 N–H and O–H groups in total. The lowest BCUT2D eigenvalue weighted by Crippen LogP contribution is -1.99. The van der Waals surface area contributed by atoms with Crippen molar-refractivity contribution in [2.75, 3.05) is 0 Å². The molecule has 0 saturated heterocycles. The molecule has 7 nitrogen and oxygen atoms in total. The van der Waals surface area contributed by atoms with Crippen molar-refractivity contribution in [2.45, 2.75) is 0 Å². The van der Waals surface area contributed by atoms with Crippen molar-refractivity contribution >= 4 is 33.7 Å². The summed E-state index contributed by atoms with van der Waals surface area (Å²) in [5, 5.41) is 8.49. The van der Waals surface area contributed by atoms with Gasteiger partial charge < -0.3 is 9.97 Å². The highest BCUT2D eigenvalue weighted by atomic mass is 35.5. The van der Waals surface area contributed by atoms with Crippen molar-refractivity contribution in [2.24, 2.45) is 0 Å². The Morgan fingerprint density at radius 2 is 2.00 bits per heavy atom. The Morgan fingerprint density at radius 1 is 1.15 bits per heavy atom. The number of nitrogens with one attached hydrogen (secondary N) is 2. The standard InChI is InChI=1S/C12H7ClN6O/c13-11-4-10-9(5-14-11)17-18-19(10)6-1-2-7-8(3-6)16-12(20)15-7/h1-5H,(H2,15,16,20). The molecule has 0 fully saturated rings. The van der Waals surface area contributed by atoms with Crippen molar-refractivity contribution in [3.05, 3.63) is 46.1 Å². The van der Waals surface area contributed by atoms with Gasteiger partial charge in [-0.1, -0.05) is 16.8 Å². The molecule has 3 heterocycles. The van der Waals surface area contributed by atoms with E-state index in [1.165, 1.54) is 0 Å². The first-order valence-corrected chi connectivity index (χ1v) is 6.18. The first kappa shape index (κ1) is 11.2. The van der Waals surface area contributed by atoms with Crippen LogP contribution in [-0.4, -0.2) is 29.9 Å². The summed E-state index contributed by atoms with van der Waals surface area (Å²) >= 11 is 5.90. The summed E-state index contributed by atoms with van der Waals surface area (Å²) in [6.07, 6.45) is 1.57. The number of H-pyrrole nitrogens is 2. The molecule has 4 aromatic rings. The van der Waals surface area contributed by atoms with Crippen LogP contribution in [0.25, 0.3) is 27.8 Å². The fourth-order valence-corrected chi connectivity index (χ4v) is 2.30. The second-order valence-corrected chi connectivity index (χ2v) is 4.69. The molecule has 98 valence electrons. The molecule has 0 bridgehead atoms. The number of nitrogens with zero attached hydrogens (tertiary/aromatic N) is 4. The molecule has 0 unspecified atom stereocenters. The van der Waals surface area contributed by atoms with Gasteiger partial charge in [0.25, 0.3) is 0 Å². The molecular weight excluding hydrogens is 280 g/mol. The van der Waals surface area contributed by atoms with E-state index in [0.717, 1.165) is 16.7 Å². The van der Waals surface area contributed by atoms with Crippen molar-refractivity contribution in [1.82, 2.24) is 29.9 Å². The zero-order valence-corrected chi connectivity index (χ0v) is 10.7. The minimum Gasteiger partial charge on any atom is -0.306 e. The van der Waals surface area contributed by atoms with E-state index in [-0.39, 0.29) is 5.69 Å². The van der Waals surface area contributed by atoms with Gasteiger partial charge in [-0.15, -0.1) is 5.10 Å². The van der Waals surface area contributed by atoms with Crippen LogP contribution in [0.1, 0.15) is 0 Å².